The van der Waals surface area contributed by atoms with Gasteiger partial charge in [-0.3, -0.25) is 0 Å². The van der Waals surface area contributed by atoms with Gasteiger partial charge >= 0.3 is 6.09 Å². The van der Waals surface area contributed by atoms with Gasteiger partial charge in [0.2, 0.25) is 0 Å². The highest BCUT2D eigenvalue weighted by atomic mass is 16.4. The van der Waals surface area contributed by atoms with E-state index in [0.717, 1.165) is 17.5 Å². The van der Waals surface area contributed by atoms with E-state index >= 15 is 0 Å². The molecule has 4 nitrogen and oxygen atoms in total. The number of phenols is 1. The number of aromatic hydroxyl groups is 1. The Balaban J connectivity index is 2.38. The summed E-state index contributed by atoms with van der Waals surface area (Å²) in [5.74, 6) is 0.432. The van der Waals surface area contributed by atoms with Gasteiger partial charge in [0.1, 0.15) is 5.75 Å². The van der Waals surface area contributed by atoms with E-state index in [9.17, 15) is 9.90 Å². The Morgan fingerprint density at radius 1 is 1.56 bits per heavy atom. The van der Waals surface area contributed by atoms with Gasteiger partial charge in [0, 0.05) is 19.0 Å². The van der Waals surface area contributed by atoms with Gasteiger partial charge in [0.25, 0.3) is 0 Å². The average Bonchev–Trinajstić information content (AvgIpc) is 2.26. The molecule has 0 aromatic heterocycles. The predicted octanol–water partition coefficient (Wildman–Crippen LogP) is 2.38. The molecule has 1 heterocycles. The minimum Gasteiger partial charge on any atom is -0.508 e. The Morgan fingerprint density at radius 2 is 2.31 bits per heavy atom. The lowest BCUT2D eigenvalue weighted by Gasteiger charge is -2.32. The van der Waals surface area contributed by atoms with Crippen LogP contribution in [0.25, 0.3) is 0 Å². The van der Waals surface area contributed by atoms with E-state index in [1.54, 1.807) is 12.1 Å². The second kappa shape index (κ2) is 4.04. The number of benzene rings is 1. The lowest BCUT2D eigenvalue weighted by atomic mass is 9.88. The number of amides is 1. The first-order valence-electron chi connectivity index (χ1n) is 5.41. The van der Waals surface area contributed by atoms with Gasteiger partial charge in [-0.15, -0.1) is 0 Å². The first-order chi connectivity index (χ1) is 7.61. The molecule has 2 N–H and O–H groups in total. The quantitative estimate of drug-likeness (QED) is 0.765. The summed E-state index contributed by atoms with van der Waals surface area (Å²) in [6.07, 6.45) is 0.00843. The van der Waals surface area contributed by atoms with Crippen molar-refractivity contribution in [3.63, 3.8) is 0 Å². The van der Waals surface area contributed by atoms with Crippen LogP contribution in [0.15, 0.2) is 18.2 Å². The van der Waals surface area contributed by atoms with E-state index in [2.05, 4.69) is 0 Å². The molecule has 4 heteroatoms. The van der Waals surface area contributed by atoms with Crippen molar-refractivity contribution in [1.82, 2.24) is 4.90 Å². The molecule has 1 aliphatic rings. The van der Waals surface area contributed by atoms with Crippen molar-refractivity contribution in [2.75, 3.05) is 6.54 Å². The molecule has 1 amide bonds. The Kier molecular flexibility index (Phi) is 2.73. The van der Waals surface area contributed by atoms with Crippen LogP contribution in [0, 0.1) is 0 Å². The number of hydrogen-bond acceptors (Lipinski definition) is 2. The third kappa shape index (κ3) is 1.83. The van der Waals surface area contributed by atoms with Crippen LogP contribution in [-0.2, 0) is 6.54 Å². The molecule has 1 aliphatic heterocycles. The highest BCUT2D eigenvalue weighted by Gasteiger charge is 2.26. The lowest BCUT2D eigenvalue weighted by molar-refractivity contribution is 0.134. The fraction of sp³-hybridized carbons (Fsp3) is 0.417. The van der Waals surface area contributed by atoms with Gasteiger partial charge in [0.15, 0.2) is 0 Å². The van der Waals surface area contributed by atoms with Gasteiger partial charge in [-0.2, -0.15) is 0 Å². The molecule has 1 aromatic carbocycles. The second-order valence-electron chi connectivity index (χ2n) is 4.15. The number of carbonyl (C=O) groups is 1. The summed E-state index contributed by atoms with van der Waals surface area (Å²) in [6.45, 7) is 2.96. The summed E-state index contributed by atoms with van der Waals surface area (Å²) in [5, 5.41) is 18.4. The Hall–Kier alpha value is -1.71. The number of fused-ring (bicyclic) bond motifs is 1. The highest BCUT2D eigenvalue weighted by Crippen LogP contribution is 2.32. The van der Waals surface area contributed by atoms with Gasteiger partial charge in [-0.05, 0) is 29.7 Å². The summed E-state index contributed by atoms with van der Waals surface area (Å²) < 4.78 is 0. The zero-order valence-electron chi connectivity index (χ0n) is 9.18. The summed E-state index contributed by atoms with van der Waals surface area (Å²) in [5.41, 5.74) is 2.08. The standard InChI is InChI=1S/C12H15NO3/c1-2-8-6-13(12(15)16)7-9-5-10(14)3-4-11(8)9/h3-5,8,14H,2,6-7H2,1H3,(H,15,16). The van der Waals surface area contributed by atoms with Crippen LogP contribution in [0.3, 0.4) is 0 Å². The Morgan fingerprint density at radius 3 is 2.94 bits per heavy atom. The maximum absolute atomic E-state index is 11.0. The van der Waals surface area contributed by atoms with Gasteiger partial charge in [-0.25, -0.2) is 4.79 Å². The van der Waals surface area contributed by atoms with Crippen molar-refractivity contribution in [3.8, 4) is 5.75 Å². The van der Waals surface area contributed by atoms with Crippen molar-refractivity contribution >= 4 is 6.09 Å². The monoisotopic (exact) mass is 221 g/mol. The fourth-order valence-electron chi connectivity index (χ4n) is 2.26. The summed E-state index contributed by atoms with van der Waals surface area (Å²) >= 11 is 0. The normalized spacial score (nSPS) is 19.3. The zero-order chi connectivity index (χ0) is 11.7. The first-order valence-corrected chi connectivity index (χ1v) is 5.41. The number of rotatable bonds is 1. The predicted molar refractivity (Wildman–Crippen MR) is 59.6 cm³/mol. The van der Waals surface area contributed by atoms with Crippen LogP contribution in [0.4, 0.5) is 4.79 Å². The third-order valence-electron chi connectivity index (χ3n) is 3.13. The minimum absolute atomic E-state index is 0.195. The maximum atomic E-state index is 11.0. The number of phenolic OH excluding ortho intramolecular Hbond substituents is 1. The third-order valence-corrected chi connectivity index (χ3v) is 3.13. The maximum Gasteiger partial charge on any atom is 0.407 e. The van der Waals surface area contributed by atoms with E-state index in [4.69, 9.17) is 5.11 Å². The summed E-state index contributed by atoms with van der Waals surface area (Å²) in [4.78, 5) is 12.4. The van der Waals surface area contributed by atoms with Gasteiger partial charge < -0.3 is 15.1 Å². The molecular formula is C12H15NO3. The second-order valence-corrected chi connectivity index (χ2v) is 4.15. The van der Waals surface area contributed by atoms with Crippen molar-refractivity contribution in [1.29, 1.82) is 0 Å². The van der Waals surface area contributed by atoms with Crippen LogP contribution in [-0.4, -0.2) is 27.8 Å². The van der Waals surface area contributed by atoms with E-state index < -0.39 is 6.09 Å². The largest absolute Gasteiger partial charge is 0.508 e. The molecular weight excluding hydrogens is 206 g/mol. The molecule has 0 fully saturated rings. The molecule has 0 saturated carbocycles. The van der Waals surface area contributed by atoms with E-state index in [1.807, 2.05) is 13.0 Å². The topological polar surface area (TPSA) is 60.8 Å². The van der Waals surface area contributed by atoms with Crippen molar-refractivity contribution < 1.29 is 15.0 Å². The van der Waals surface area contributed by atoms with Gasteiger partial charge in [0.05, 0.1) is 0 Å². The molecule has 0 radical (unpaired) electrons. The SMILES string of the molecule is CCC1CN(C(=O)O)Cc2cc(O)ccc21. The molecule has 1 atom stereocenters. The molecule has 86 valence electrons. The lowest BCUT2D eigenvalue weighted by Crippen LogP contribution is -2.37. The molecule has 0 bridgehead atoms. The molecule has 16 heavy (non-hydrogen) atoms. The highest BCUT2D eigenvalue weighted by molar-refractivity contribution is 5.66. The fourth-order valence-corrected chi connectivity index (χ4v) is 2.26. The van der Waals surface area contributed by atoms with Crippen molar-refractivity contribution in [3.05, 3.63) is 29.3 Å². The first kappa shape index (κ1) is 10.8. The van der Waals surface area contributed by atoms with E-state index in [0.29, 0.717) is 13.1 Å². The molecule has 0 spiro atoms. The van der Waals surface area contributed by atoms with Crippen molar-refractivity contribution in [2.45, 2.75) is 25.8 Å². The molecule has 1 unspecified atom stereocenters. The van der Waals surface area contributed by atoms with Crippen LogP contribution < -0.4 is 0 Å². The number of nitrogens with zero attached hydrogens (tertiary/aromatic N) is 1. The zero-order valence-corrected chi connectivity index (χ0v) is 9.18. The van der Waals surface area contributed by atoms with Crippen molar-refractivity contribution in [2.24, 2.45) is 0 Å². The van der Waals surface area contributed by atoms with Crippen LogP contribution in [0.5, 0.6) is 5.75 Å². The Bertz CT molecular complexity index is 417. The molecule has 0 saturated heterocycles. The van der Waals surface area contributed by atoms with Crippen LogP contribution in [0.1, 0.15) is 30.4 Å². The average molecular weight is 221 g/mol. The molecule has 1 aromatic rings. The Labute approximate surface area is 94.1 Å². The van der Waals surface area contributed by atoms with Crippen LogP contribution >= 0.6 is 0 Å². The van der Waals surface area contributed by atoms with Crippen LogP contribution in [0.2, 0.25) is 0 Å². The smallest absolute Gasteiger partial charge is 0.407 e. The number of carboxylic acid groups (broad SMARTS) is 1. The minimum atomic E-state index is -0.896. The number of hydrogen-bond donors (Lipinski definition) is 2. The molecule has 0 aliphatic carbocycles. The summed E-state index contributed by atoms with van der Waals surface area (Å²) in [7, 11) is 0. The van der Waals surface area contributed by atoms with E-state index in [1.165, 1.54) is 4.90 Å². The summed E-state index contributed by atoms with van der Waals surface area (Å²) in [6, 6.07) is 5.23. The molecule has 2 rings (SSSR count). The van der Waals surface area contributed by atoms with Gasteiger partial charge in [-0.1, -0.05) is 13.0 Å². The van der Waals surface area contributed by atoms with E-state index in [-0.39, 0.29) is 11.7 Å².